The highest BCUT2D eigenvalue weighted by Crippen LogP contribution is 2.39. The molecule has 1 saturated heterocycles. The van der Waals surface area contributed by atoms with Crippen molar-refractivity contribution in [2.24, 2.45) is 5.73 Å². The Labute approximate surface area is 218 Å². The second-order valence-corrected chi connectivity index (χ2v) is 8.89. The summed E-state index contributed by atoms with van der Waals surface area (Å²) in [6.45, 7) is 4.35. The molecule has 0 amide bonds. The van der Waals surface area contributed by atoms with Crippen molar-refractivity contribution >= 4 is 41.4 Å². The largest absolute Gasteiger partial charge is 0.489 e. The average Bonchev–Trinajstić information content (AvgIpc) is 3.38. The minimum absolute atomic E-state index is 0. The number of pyridine rings is 2. The van der Waals surface area contributed by atoms with Crippen LogP contribution in [-0.2, 0) is 0 Å². The summed E-state index contributed by atoms with van der Waals surface area (Å²) in [6, 6.07) is 10.3. The van der Waals surface area contributed by atoms with Crippen LogP contribution in [0.15, 0.2) is 48.7 Å². The predicted molar refractivity (Wildman–Crippen MR) is 137 cm³/mol. The molecule has 5 rings (SSSR count). The standard InChI is InChI=1S/C24H25F3N6O.2ClH/c1-14(2)34-19-5-3-4-15-6-8-18(29-21(15)19)23-31-30-20-9-7-16(12-33(20)23)22(24(25,26)27)32-11-10-17(28)13-32;;/h3-9,12,14,17,22H,10-11,13,28H2,1-2H3;2*1H/t17-,22+;;/m0../s1. The van der Waals surface area contributed by atoms with Crippen molar-refractivity contribution in [1.82, 2.24) is 24.5 Å². The highest BCUT2D eigenvalue weighted by atomic mass is 35.5. The van der Waals surface area contributed by atoms with Gasteiger partial charge in [-0.25, -0.2) is 4.98 Å². The fourth-order valence-electron chi connectivity index (χ4n) is 4.49. The number of nitrogens with two attached hydrogens (primary N) is 1. The van der Waals surface area contributed by atoms with Crippen LogP contribution in [-0.4, -0.2) is 55.9 Å². The lowest BCUT2D eigenvalue weighted by Gasteiger charge is -2.30. The molecule has 0 bridgehead atoms. The Bertz CT molecular complexity index is 1350. The highest BCUT2D eigenvalue weighted by Gasteiger charge is 2.46. The molecule has 0 unspecified atom stereocenters. The third-order valence-electron chi connectivity index (χ3n) is 5.95. The van der Waals surface area contributed by atoms with Gasteiger partial charge in [0, 0.05) is 30.7 Å². The number of fused-ring (bicyclic) bond motifs is 2. The summed E-state index contributed by atoms with van der Waals surface area (Å²) in [7, 11) is 0. The number of para-hydroxylation sites is 1. The van der Waals surface area contributed by atoms with Crippen molar-refractivity contribution in [2.75, 3.05) is 13.1 Å². The molecule has 0 radical (unpaired) electrons. The van der Waals surface area contributed by atoms with Crippen LogP contribution in [0.2, 0.25) is 0 Å². The SMILES string of the molecule is CC(C)Oc1cccc2ccc(-c3nnc4ccc([C@@H](N5CC[C@H](N)C5)C(F)(F)F)cn34)nc12.Cl.Cl. The van der Waals surface area contributed by atoms with E-state index in [4.69, 9.17) is 15.5 Å². The van der Waals surface area contributed by atoms with E-state index in [2.05, 4.69) is 10.2 Å². The third-order valence-corrected chi connectivity index (χ3v) is 5.95. The Hall–Kier alpha value is -2.66. The number of benzene rings is 1. The zero-order chi connectivity index (χ0) is 24.0. The monoisotopic (exact) mass is 542 g/mol. The van der Waals surface area contributed by atoms with E-state index in [1.54, 1.807) is 16.5 Å². The van der Waals surface area contributed by atoms with Crippen molar-refractivity contribution in [3.05, 3.63) is 54.2 Å². The van der Waals surface area contributed by atoms with Gasteiger partial charge in [-0.15, -0.1) is 35.0 Å². The maximum absolute atomic E-state index is 14.1. The van der Waals surface area contributed by atoms with Crippen molar-refractivity contribution in [2.45, 2.75) is 44.6 Å². The van der Waals surface area contributed by atoms with Crippen molar-refractivity contribution in [3.63, 3.8) is 0 Å². The fraction of sp³-hybridized carbons (Fsp3) is 0.375. The van der Waals surface area contributed by atoms with E-state index < -0.39 is 12.2 Å². The normalized spacial score (nSPS) is 17.2. The van der Waals surface area contributed by atoms with E-state index in [9.17, 15) is 13.2 Å². The van der Waals surface area contributed by atoms with Gasteiger partial charge in [0.1, 0.15) is 23.0 Å². The number of aromatic nitrogens is 4. The molecule has 1 aromatic carbocycles. The number of likely N-dealkylation sites (tertiary alicyclic amines) is 1. The molecule has 2 atom stereocenters. The molecular formula is C24H27Cl2F3N6O. The first kappa shape index (κ1) is 27.9. The molecule has 1 aliphatic rings. The summed E-state index contributed by atoms with van der Waals surface area (Å²) in [5, 5.41) is 9.26. The third kappa shape index (κ3) is 5.36. The Kier molecular flexibility index (Phi) is 8.34. The van der Waals surface area contributed by atoms with Gasteiger partial charge >= 0.3 is 6.18 Å². The quantitative estimate of drug-likeness (QED) is 0.372. The first-order valence-electron chi connectivity index (χ1n) is 11.2. The van der Waals surface area contributed by atoms with Crippen molar-refractivity contribution in [1.29, 1.82) is 0 Å². The van der Waals surface area contributed by atoms with E-state index in [0.29, 0.717) is 41.4 Å². The summed E-state index contributed by atoms with van der Waals surface area (Å²) in [4.78, 5) is 6.12. The minimum Gasteiger partial charge on any atom is -0.489 e. The van der Waals surface area contributed by atoms with Gasteiger partial charge in [0.15, 0.2) is 11.5 Å². The van der Waals surface area contributed by atoms with Crippen LogP contribution in [0.4, 0.5) is 13.2 Å². The highest BCUT2D eigenvalue weighted by molar-refractivity contribution is 5.86. The van der Waals surface area contributed by atoms with Crippen LogP contribution in [0.3, 0.4) is 0 Å². The molecule has 0 aliphatic carbocycles. The molecule has 36 heavy (non-hydrogen) atoms. The van der Waals surface area contributed by atoms with Crippen LogP contribution >= 0.6 is 24.8 Å². The molecule has 0 spiro atoms. The lowest BCUT2D eigenvalue weighted by Crippen LogP contribution is -2.38. The van der Waals surface area contributed by atoms with E-state index in [-0.39, 0.29) is 49.1 Å². The minimum atomic E-state index is -4.45. The second-order valence-electron chi connectivity index (χ2n) is 8.89. The van der Waals surface area contributed by atoms with Crippen LogP contribution in [0.5, 0.6) is 5.75 Å². The van der Waals surface area contributed by atoms with Crippen molar-refractivity contribution < 1.29 is 17.9 Å². The molecule has 7 nitrogen and oxygen atoms in total. The smallest absolute Gasteiger partial charge is 0.408 e. The summed E-state index contributed by atoms with van der Waals surface area (Å²) in [5.41, 5.74) is 7.58. The number of nitrogens with zero attached hydrogens (tertiary/aromatic N) is 5. The zero-order valence-electron chi connectivity index (χ0n) is 19.6. The van der Waals surface area contributed by atoms with Crippen LogP contribution in [0.25, 0.3) is 28.1 Å². The fourth-order valence-corrected chi connectivity index (χ4v) is 4.49. The van der Waals surface area contributed by atoms with Crippen LogP contribution < -0.4 is 10.5 Å². The lowest BCUT2D eigenvalue weighted by molar-refractivity contribution is -0.183. The van der Waals surface area contributed by atoms with Crippen LogP contribution in [0, 0.1) is 0 Å². The molecule has 12 heteroatoms. The molecule has 194 valence electrons. The van der Waals surface area contributed by atoms with E-state index >= 15 is 0 Å². The summed E-state index contributed by atoms with van der Waals surface area (Å²) in [6.07, 6.45) is -2.50. The molecule has 0 saturated carbocycles. The maximum atomic E-state index is 14.1. The molecule has 3 aromatic heterocycles. The Morgan fingerprint density at radius 1 is 1.06 bits per heavy atom. The van der Waals surface area contributed by atoms with Crippen molar-refractivity contribution in [3.8, 4) is 17.3 Å². The number of hydrogen-bond donors (Lipinski definition) is 1. The van der Waals surface area contributed by atoms with Gasteiger partial charge in [-0.05, 0) is 44.0 Å². The first-order valence-corrected chi connectivity index (χ1v) is 11.2. The van der Waals surface area contributed by atoms with Gasteiger partial charge in [-0.3, -0.25) is 9.30 Å². The predicted octanol–water partition coefficient (Wildman–Crippen LogP) is 5.21. The zero-order valence-corrected chi connectivity index (χ0v) is 21.3. The Balaban J connectivity index is 0.00000180. The van der Waals surface area contributed by atoms with Gasteiger partial charge in [0.05, 0.1) is 6.10 Å². The average molecular weight is 543 g/mol. The number of alkyl halides is 3. The van der Waals surface area contributed by atoms with Gasteiger partial charge in [0.2, 0.25) is 0 Å². The van der Waals surface area contributed by atoms with Gasteiger partial charge in [0.25, 0.3) is 0 Å². The number of rotatable bonds is 5. The lowest BCUT2D eigenvalue weighted by atomic mass is 10.1. The Morgan fingerprint density at radius 2 is 1.83 bits per heavy atom. The first-order chi connectivity index (χ1) is 16.2. The van der Waals surface area contributed by atoms with Crippen LogP contribution in [0.1, 0.15) is 31.9 Å². The topological polar surface area (TPSA) is 81.6 Å². The molecule has 1 aliphatic heterocycles. The Morgan fingerprint density at radius 3 is 2.50 bits per heavy atom. The number of hydrogen-bond acceptors (Lipinski definition) is 6. The maximum Gasteiger partial charge on any atom is 0.408 e. The number of ether oxygens (including phenoxy) is 1. The molecular weight excluding hydrogens is 516 g/mol. The van der Waals surface area contributed by atoms with Gasteiger partial charge in [-0.1, -0.05) is 24.3 Å². The molecule has 1 fully saturated rings. The summed E-state index contributed by atoms with van der Waals surface area (Å²) < 4.78 is 49.8. The van der Waals surface area contributed by atoms with E-state index in [1.807, 2.05) is 38.1 Å². The number of halogens is 5. The molecule has 4 heterocycles. The second kappa shape index (κ2) is 10.8. The molecule has 2 N–H and O–H groups in total. The van der Waals surface area contributed by atoms with Gasteiger partial charge in [-0.2, -0.15) is 13.2 Å². The van der Waals surface area contributed by atoms with E-state index in [0.717, 1.165) is 5.39 Å². The molecule has 4 aromatic rings. The summed E-state index contributed by atoms with van der Waals surface area (Å²) >= 11 is 0. The van der Waals surface area contributed by atoms with E-state index in [1.165, 1.54) is 17.2 Å². The van der Waals surface area contributed by atoms with Gasteiger partial charge < -0.3 is 10.5 Å². The summed E-state index contributed by atoms with van der Waals surface area (Å²) in [5.74, 6) is 0.989.